The maximum Gasteiger partial charge on any atom is 0.315 e. The van der Waals surface area contributed by atoms with Crippen molar-refractivity contribution in [1.29, 1.82) is 0 Å². The summed E-state index contributed by atoms with van der Waals surface area (Å²) < 4.78 is 5.06. The molecule has 1 amide bonds. The van der Waals surface area contributed by atoms with Crippen LogP contribution in [0.2, 0.25) is 0 Å². The molecule has 1 N–H and O–H groups in total. The third-order valence-corrected chi connectivity index (χ3v) is 2.06. The zero-order chi connectivity index (χ0) is 13.6. The number of ether oxygens (including phenoxy) is 1. The van der Waals surface area contributed by atoms with Crippen molar-refractivity contribution < 1.29 is 14.3 Å². The van der Waals surface area contributed by atoms with Gasteiger partial charge in [-0.25, -0.2) is 0 Å². The Hall–Kier alpha value is -1.84. The first-order valence-corrected chi connectivity index (χ1v) is 5.89. The van der Waals surface area contributed by atoms with Gasteiger partial charge in [-0.1, -0.05) is 30.3 Å². The van der Waals surface area contributed by atoms with Crippen LogP contribution in [0.4, 0.5) is 0 Å². The van der Waals surface area contributed by atoms with E-state index in [9.17, 15) is 9.59 Å². The van der Waals surface area contributed by atoms with Crippen LogP contribution in [0.5, 0.6) is 0 Å². The first-order valence-electron chi connectivity index (χ1n) is 5.89. The molecule has 0 unspecified atom stereocenters. The molecular weight excluding hydrogens is 230 g/mol. The SMILES string of the molecule is CC(C)(C)OC(=O)CC(=O)NCc1ccccc1. The van der Waals surface area contributed by atoms with Crippen molar-refractivity contribution in [3.05, 3.63) is 35.9 Å². The maximum absolute atomic E-state index is 11.5. The molecule has 0 fully saturated rings. The summed E-state index contributed by atoms with van der Waals surface area (Å²) in [6, 6.07) is 9.53. The lowest BCUT2D eigenvalue weighted by Crippen LogP contribution is -2.30. The van der Waals surface area contributed by atoms with E-state index in [-0.39, 0.29) is 12.3 Å². The third kappa shape index (κ3) is 6.03. The van der Waals surface area contributed by atoms with Crippen LogP contribution in [0.25, 0.3) is 0 Å². The lowest BCUT2D eigenvalue weighted by Gasteiger charge is -2.19. The van der Waals surface area contributed by atoms with E-state index >= 15 is 0 Å². The van der Waals surface area contributed by atoms with E-state index in [0.717, 1.165) is 5.56 Å². The number of benzene rings is 1. The topological polar surface area (TPSA) is 55.4 Å². The summed E-state index contributed by atoms with van der Waals surface area (Å²) in [6.07, 6.45) is -0.246. The summed E-state index contributed by atoms with van der Waals surface area (Å²) in [4.78, 5) is 22.9. The van der Waals surface area contributed by atoms with Crippen molar-refractivity contribution in [1.82, 2.24) is 5.32 Å². The molecule has 1 aromatic rings. The fraction of sp³-hybridized carbons (Fsp3) is 0.429. The Morgan fingerprint density at radius 2 is 1.78 bits per heavy atom. The zero-order valence-electron chi connectivity index (χ0n) is 11.0. The van der Waals surface area contributed by atoms with E-state index in [0.29, 0.717) is 6.54 Å². The molecule has 0 saturated carbocycles. The van der Waals surface area contributed by atoms with E-state index in [4.69, 9.17) is 4.74 Å². The summed E-state index contributed by atoms with van der Waals surface area (Å²) >= 11 is 0. The minimum atomic E-state index is -0.559. The van der Waals surface area contributed by atoms with Crippen molar-refractivity contribution in [2.75, 3.05) is 0 Å². The number of carbonyl (C=O) groups is 2. The van der Waals surface area contributed by atoms with E-state index in [1.54, 1.807) is 20.8 Å². The Kier molecular flexibility index (Phi) is 4.89. The molecule has 0 atom stereocenters. The van der Waals surface area contributed by atoms with Crippen LogP contribution in [-0.4, -0.2) is 17.5 Å². The minimum Gasteiger partial charge on any atom is -0.460 e. The van der Waals surface area contributed by atoms with Gasteiger partial charge in [-0.05, 0) is 26.3 Å². The Morgan fingerprint density at radius 1 is 1.17 bits per heavy atom. The van der Waals surface area contributed by atoms with Gasteiger partial charge in [0, 0.05) is 6.54 Å². The summed E-state index contributed by atoms with van der Waals surface area (Å²) in [5, 5.41) is 2.68. The first kappa shape index (κ1) is 14.2. The van der Waals surface area contributed by atoms with Gasteiger partial charge in [-0.2, -0.15) is 0 Å². The molecule has 1 aromatic carbocycles. The molecule has 0 saturated heterocycles. The molecule has 18 heavy (non-hydrogen) atoms. The first-order chi connectivity index (χ1) is 8.37. The largest absolute Gasteiger partial charge is 0.460 e. The van der Waals surface area contributed by atoms with Crippen LogP contribution >= 0.6 is 0 Å². The van der Waals surface area contributed by atoms with Crippen LogP contribution in [0.1, 0.15) is 32.8 Å². The molecule has 0 aromatic heterocycles. The summed E-state index contributed by atoms with van der Waals surface area (Å²) in [5.74, 6) is -0.832. The number of hydrogen-bond acceptors (Lipinski definition) is 3. The van der Waals surface area contributed by atoms with Gasteiger partial charge in [0.15, 0.2) is 0 Å². The quantitative estimate of drug-likeness (QED) is 0.656. The predicted molar refractivity (Wildman–Crippen MR) is 68.8 cm³/mol. The number of carbonyl (C=O) groups excluding carboxylic acids is 2. The lowest BCUT2D eigenvalue weighted by atomic mass is 10.2. The standard InChI is InChI=1S/C14H19NO3/c1-14(2,3)18-13(17)9-12(16)15-10-11-7-5-4-6-8-11/h4-8H,9-10H2,1-3H3,(H,15,16). The molecule has 0 radical (unpaired) electrons. The highest BCUT2D eigenvalue weighted by atomic mass is 16.6. The van der Waals surface area contributed by atoms with Crippen LogP contribution in [0, 0.1) is 0 Å². The molecule has 0 bridgehead atoms. The molecule has 0 aliphatic carbocycles. The van der Waals surface area contributed by atoms with Crippen molar-refractivity contribution in [3.63, 3.8) is 0 Å². The molecule has 0 spiro atoms. The highest BCUT2D eigenvalue weighted by Crippen LogP contribution is 2.08. The van der Waals surface area contributed by atoms with E-state index < -0.39 is 11.6 Å². The highest BCUT2D eigenvalue weighted by molar-refractivity contribution is 5.94. The third-order valence-electron chi connectivity index (χ3n) is 2.06. The van der Waals surface area contributed by atoms with Crippen LogP contribution < -0.4 is 5.32 Å². The van der Waals surface area contributed by atoms with Gasteiger partial charge >= 0.3 is 5.97 Å². The van der Waals surface area contributed by atoms with Crippen LogP contribution in [-0.2, 0) is 20.9 Å². The second kappa shape index (κ2) is 6.19. The molecule has 4 heteroatoms. The van der Waals surface area contributed by atoms with Gasteiger partial charge in [0.1, 0.15) is 12.0 Å². The van der Waals surface area contributed by atoms with Crippen LogP contribution in [0.15, 0.2) is 30.3 Å². The Morgan fingerprint density at radius 3 is 2.33 bits per heavy atom. The Labute approximate surface area is 107 Å². The van der Waals surface area contributed by atoms with Gasteiger partial charge < -0.3 is 10.1 Å². The normalized spacial score (nSPS) is 10.8. The Balaban J connectivity index is 2.32. The fourth-order valence-electron chi connectivity index (χ4n) is 1.37. The van der Waals surface area contributed by atoms with E-state index in [1.807, 2.05) is 30.3 Å². The lowest BCUT2D eigenvalue weighted by molar-refractivity contribution is -0.156. The van der Waals surface area contributed by atoms with Crippen molar-refractivity contribution in [2.24, 2.45) is 0 Å². The summed E-state index contributed by atoms with van der Waals surface area (Å²) in [7, 11) is 0. The molecule has 0 aliphatic rings. The zero-order valence-corrected chi connectivity index (χ0v) is 11.0. The average molecular weight is 249 g/mol. The van der Waals surface area contributed by atoms with Gasteiger partial charge in [0.05, 0.1) is 0 Å². The molecule has 4 nitrogen and oxygen atoms in total. The van der Waals surface area contributed by atoms with Crippen molar-refractivity contribution >= 4 is 11.9 Å². The van der Waals surface area contributed by atoms with E-state index in [2.05, 4.69) is 5.32 Å². The van der Waals surface area contributed by atoms with Gasteiger partial charge in [-0.3, -0.25) is 9.59 Å². The predicted octanol–water partition coefficient (Wildman–Crippen LogP) is 2.03. The molecular formula is C14H19NO3. The second-order valence-electron chi connectivity index (χ2n) is 5.03. The number of hydrogen-bond donors (Lipinski definition) is 1. The van der Waals surface area contributed by atoms with Gasteiger partial charge in [0.25, 0.3) is 0 Å². The Bertz CT molecular complexity index is 407. The molecule has 0 heterocycles. The number of amides is 1. The van der Waals surface area contributed by atoms with E-state index in [1.165, 1.54) is 0 Å². The second-order valence-corrected chi connectivity index (χ2v) is 5.03. The molecule has 98 valence electrons. The number of esters is 1. The monoisotopic (exact) mass is 249 g/mol. The average Bonchev–Trinajstić information content (AvgIpc) is 2.25. The molecule has 0 aliphatic heterocycles. The van der Waals surface area contributed by atoms with Crippen molar-refractivity contribution in [3.8, 4) is 0 Å². The van der Waals surface area contributed by atoms with Crippen LogP contribution in [0.3, 0.4) is 0 Å². The fourth-order valence-corrected chi connectivity index (χ4v) is 1.37. The molecule has 1 rings (SSSR count). The summed E-state index contributed by atoms with van der Waals surface area (Å²) in [6.45, 7) is 5.73. The highest BCUT2D eigenvalue weighted by Gasteiger charge is 2.18. The minimum absolute atomic E-state index is 0.246. The number of rotatable bonds is 4. The van der Waals surface area contributed by atoms with Gasteiger partial charge in [0.2, 0.25) is 5.91 Å². The van der Waals surface area contributed by atoms with Gasteiger partial charge in [-0.15, -0.1) is 0 Å². The number of nitrogens with one attached hydrogen (secondary N) is 1. The smallest absolute Gasteiger partial charge is 0.315 e. The van der Waals surface area contributed by atoms with Crippen molar-refractivity contribution in [2.45, 2.75) is 39.3 Å². The summed E-state index contributed by atoms with van der Waals surface area (Å²) in [5.41, 5.74) is 0.437. The maximum atomic E-state index is 11.5.